The molecule has 0 spiro atoms. The van der Waals surface area contributed by atoms with E-state index in [2.05, 4.69) is 5.32 Å². The van der Waals surface area contributed by atoms with E-state index in [1.165, 1.54) is 4.90 Å². The van der Waals surface area contributed by atoms with Crippen LogP contribution in [0, 0.1) is 6.92 Å². The van der Waals surface area contributed by atoms with Gasteiger partial charge in [-0.1, -0.05) is 43.3 Å². The molecule has 1 heterocycles. The minimum atomic E-state index is -0.624. The maximum Gasteiger partial charge on any atom is 0.261 e. The molecule has 4 amide bonds. The molecule has 2 aromatic rings. The number of rotatable bonds is 9. The predicted octanol–water partition coefficient (Wildman–Crippen LogP) is 4.09. The second-order valence-corrected chi connectivity index (χ2v) is 10.0. The topological polar surface area (TPSA) is 86.8 Å². The quantitative estimate of drug-likeness (QED) is 0.551. The Morgan fingerprint density at radius 1 is 0.971 bits per heavy atom. The molecule has 7 heteroatoms. The molecule has 1 aliphatic heterocycles. The predicted molar refractivity (Wildman–Crippen MR) is 135 cm³/mol. The van der Waals surface area contributed by atoms with E-state index in [9.17, 15) is 19.2 Å². The zero-order valence-corrected chi connectivity index (χ0v) is 21.3. The van der Waals surface area contributed by atoms with Crippen LogP contribution in [0.5, 0.6) is 0 Å². The van der Waals surface area contributed by atoms with Crippen molar-refractivity contribution in [2.75, 3.05) is 6.54 Å². The van der Waals surface area contributed by atoms with Gasteiger partial charge >= 0.3 is 0 Å². The lowest BCUT2D eigenvalue weighted by Crippen LogP contribution is -2.53. The number of hydrogen-bond donors (Lipinski definition) is 1. The van der Waals surface area contributed by atoms with Crippen LogP contribution < -0.4 is 5.32 Å². The molecule has 2 aromatic carbocycles. The first kappa shape index (κ1) is 26.1. The molecule has 0 fully saturated rings. The Labute approximate surface area is 207 Å². The molecule has 1 atom stereocenters. The molecule has 0 aliphatic carbocycles. The van der Waals surface area contributed by atoms with Gasteiger partial charge in [-0.25, -0.2) is 0 Å². The molecule has 0 unspecified atom stereocenters. The van der Waals surface area contributed by atoms with E-state index in [4.69, 9.17) is 0 Å². The Bertz CT molecular complexity index is 1080. The van der Waals surface area contributed by atoms with Crippen LogP contribution >= 0.6 is 0 Å². The molecule has 35 heavy (non-hydrogen) atoms. The first-order valence-corrected chi connectivity index (χ1v) is 12.1. The normalized spacial score (nSPS) is 14.0. The van der Waals surface area contributed by atoms with Crippen LogP contribution in [-0.2, 0) is 16.1 Å². The first-order valence-electron chi connectivity index (χ1n) is 12.1. The average Bonchev–Trinajstić information content (AvgIpc) is 3.04. The molecule has 0 radical (unpaired) electrons. The zero-order chi connectivity index (χ0) is 25.8. The third-order valence-electron chi connectivity index (χ3n) is 6.14. The third kappa shape index (κ3) is 6.15. The Hall–Kier alpha value is -3.48. The monoisotopic (exact) mass is 477 g/mol. The van der Waals surface area contributed by atoms with Crippen molar-refractivity contribution in [1.82, 2.24) is 15.1 Å². The lowest BCUT2D eigenvalue weighted by Gasteiger charge is -2.33. The van der Waals surface area contributed by atoms with Gasteiger partial charge in [-0.2, -0.15) is 0 Å². The minimum Gasteiger partial charge on any atom is -0.350 e. The Morgan fingerprint density at radius 2 is 1.54 bits per heavy atom. The Kier molecular flexibility index (Phi) is 8.10. The smallest absolute Gasteiger partial charge is 0.261 e. The summed E-state index contributed by atoms with van der Waals surface area (Å²) < 4.78 is 0. The number of hydrogen-bond acceptors (Lipinski definition) is 4. The van der Waals surface area contributed by atoms with Crippen molar-refractivity contribution in [2.45, 2.75) is 72.0 Å². The number of carbonyl (C=O) groups is 4. The number of nitrogens with one attached hydrogen (secondary N) is 1. The molecule has 0 aromatic heterocycles. The molecule has 186 valence electrons. The average molecular weight is 478 g/mol. The van der Waals surface area contributed by atoms with Gasteiger partial charge in [0.1, 0.15) is 6.04 Å². The number of amides is 4. The van der Waals surface area contributed by atoms with Crippen LogP contribution in [0.15, 0.2) is 48.5 Å². The summed E-state index contributed by atoms with van der Waals surface area (Å²) in [6.07, 6.45) is 0.919. The largest absolute Gasteiger partial charge is 0.350 e. The second kappa shape index (κ2) is 10.8. The summed E-state index contributed by atoms with van der Waals surface area (Å²) in [5.41, 5.74) is 2.39. The summed E-state index contributed by atoms with van der Waals surface area (Å²) >= 11 is 0. The molecule has 0 saturated heterocycles. The lowest BCUT2D eigenvalue weighted by molar-refractivity contribution is -0.142. The molecular weight excluding hydrogens is 442 g/mol. The number of benzene rings is 2. The number of fused-ring (bicyclic) bond motifs is 1. The highest BCUT2D eigenvalue weighted by Gasteiger charge is 2.35. The van der Waals surface area contributed by atoms with Gasteiger partial charge in [-0.05, 0) is 63.8 Å². The number of imide groups is 1. The summed E-state index contributed by atoms with van der Waals surface area (Å²) in [6.45, 7) is 10.1. The first-order chi connectivity index (χ1) is 16.5. The van der Waals surface area contributed by atoms with Gasteiger partial charge in [-0.15, -0.1) is 0 Å². The molecule has 7 nitrogen and oxygen atoms in total. The molecule has 0 saturated carbocycles. The van der Waals surface area contributed by atoms with E-state index in [1.807, 2.05) is 58.9 Å². The molecule has 0 bridgehead atoms. The van der Waals surface area contributed by atoms with Crippen molar-refractivity contribution >= 4 is 23.6 Å². The third-order valence-corrected chi connectivity index (χ3v) is 6.14. The second-order valence-electron chi connectivity index (χ2n) is 10.0. The van der Waals surface area contributed by atoms with Gasteiger partial charge in [0.25, 0.3) is 11.8 Å². The maximum absolute atomic E-state index is 13.4. The van der Waals surface area contributed by atoms with Crippen LogP contribution in [0.25, 0.3) is 0 Å². The zero-order valence-electron chi connectivity index (χ0n) is 21.3. The number of nitrogens with zero attached hydrogens (tertiary/aromatic N) is 2. The molecular formula is C28H35N3O4. The van der Waals surface area contributed by atoms with Gasteiger partial charge < -0.3 is 10.2 Å². The Morgan fingerprint density at radius 3 is 2.09 bits per heavy atom. The highest BCUT2D eigenvalue weighted by Crippen LogP contribution is 2.23. The van der Waals surface area contributed by atoms with Crippen molar-refractivity contribution in [2.24, 2.45) is 0 Å². The van der Waals surface area contributed by atoms with Crippen LogP contribution in [-0.4, -0.2) is 51.6 Å². The summed E-state index contributed by atoms with van der Waals surface area (Å²) in [5.74, 6) is -1.03. The maximum atomic E-state index is 13.4. The van der Waals surface area contributed by atoms with E-state index in [0.717, 1.165) is 11.1 Å². The summed E-state index contributed by atoms with van der Waals surface area (Å²) in [6, 6.07) is 13.9. The van der Waals surface area contributed by atoms with Crippen LogP contribution in [0.1, 0.15) is 78.8 Å². The van der Waals surface area contributed by atoms with Crippen LogP contribution in [0.3, 0.4) is 0 Å². The SMILES string of the molecule is CC[C@@H](C(=O)NC(C)(C)C)N(Cc1ccccc1C)C(=O)CCCN1C(=O)c2ccccc2C1=O. The van der Waals surface area contributed by atoms with Gasteiger partial charge in [0, 0.05) is 25.0 Å². The van der Waals surface area contributed by atoms with E-state index < -0.39 is 11.6 Å². The van der Waals surface area contributed by atoms with E-state index in [1.54, 1.807) is 29.2 Å². The van der Waals surface area contributed by atoms with Crippen LogP contribution in [0.4, 0.5) is 0 Å². The summed E-state index contributed by atoms with van der Waals surface area (Å²) in [5, 5.41) is 3.00. The van der Waals surface area contributed by atoms with E-state index >= 15 is 0 Å². The van der Waals surface area contributed by atoms with Crippen molar-refractivity contribution in [3.8, 4) is 0 Å². The van der Waals surface area contributed by atoms with E-state index in [0.29, 0.717) is 30.5 Å². The standard InChI is InChI=1S/C28H35N3O4/c1-6-23(25(33)29-28(3,4)5)31(18-20-13-8-7-12-19(20)2)24(32)16-11-17-30-26(34)21-14-9-10-15-22(21)27(30)35/h7-10,12-15,23H,6,11,16-18H2,1-5H3,(H,29,33)/t23-/m0/s1. The van der Waals surface area contributed by atoms with Crippen molar-refractivity contribution in [3.63, 3.8) is 0 Å². The fourth-order valence-corrected chi connectivity index (χ4v) is 4.32. The minimum absolute atomic E-state index is 0.124. The van der Waals surface area contributed by atoms with Gasteiger partial charge in [0.15, 0.2) is 0 Å². The highest BCUT2D eigenvalue weighted by molar-refractivity contribution is 6.21. The highest BCUT2D eigenvalue weighted by atomic mass is 16.2. The molecule has 1 aliphatic rings. The molecule has 1 N–H and O–H groups in total. The van der Waals surface area contributed by atoms with E-state index in [-0.39, 0.29) is 36.6 Å². The van der Waals surface area contributed by atoms with Crippen molar-refractivity contribution in [3.05, 3.63) is 70.8 Å². The Balaban J connectivity index is 1.74. The van der Waals surface area contributed by atoms with Gasteiger partial charge in [0.2, 0.25) is 11.8 Å². The van der Waals surface area contributed by atoms with Gasteiger partial charge in [0.05, 0.1) is 11.1 Å². The fourth-order valence-electron chi connectivity index (χ4n) is 4.32. The fraction of sp³-hybridized carbons (Fsp3) is 0.429. The summed E-state index contributed by atoms with van der Waals surface area (Å²) in [7, 11) is 0. The lowest BCUT2D eigenvalue weighted by atomic mass is 10.0. The van der Waals surface area contributed by atoms with Gasteiger partial charge in [-0.3, -0.25) is 24.1 Å². The number of aryl methyl sites for hydroxylation is 1. The summed E-state index contributed by atoms with van der Waals surface area (Å²) in [4.78, 5) is 54.6. The van der Waals surface area contributed by atoms with Crippen molar-refractivity contribution in [1.29, 1.82) is 0 Å². The van der Waals surface area contributed by atoms with Crippen LogP contribution in [0.2, 0.25) is 0 Å². The number of carbonyl (C=O) groups excluding carboxylic acids is 4. The van der Waals surface area contributed by atoms with Crippen molar-refractivity contribution < 1.29 is 19.2 Å². The molecule has 3 rings (SSSR count).